The summed E-state index contributed by atoms with van der Waals surface area (Å²) in [7, 11) is 0. The van der Waals surface area contributed by atoms with Crippen LogP contribution in [0.25, 0.3) is 0 Å². The van der Waals surface area contributed by atoms with Crippen molar-refractivity contribution in [1.29, 1.82) is 0 Å². The number of allylic oxidation sites excluding steroid dienone is 4. The lowest BCUT2D eigenvalue weighted by Gasteiger charge is -2.57. The molecule has 0 heterocycles. The molecule has 0 aromatic carbocycles. The van der Waals surface area contributed by atoms with E-state index in [2.05, 4.69) is 24.3 Å². The number of carbonyl (C=O) groups is 1. The fourth-order valence-electron chi connectivity index (χ4n) is 4.97. The normalized spacial score (nSPS) is 57.7. The highest BCUT2D eigenvalue weighted by Crippen LogP contribution is 2.74. The van der Waals surface area contributed by atoms with Gasteiger partial charge in [-0.05, 0) is 42.4 Å². The van der Waals surface area contributed by atoms with Crippen LogP contribution in [0.2, 0.25) is 0 Å². The second-order valence-corrected chi connectivity index (χ2v) is 5.51. The molecule has 0 aliphatic heterocycles. The van der Waals surface area contributed by atoms with Crippen molar-refractivity contribution in [3.8, 4) is 0 Å². The van der Waals surface area contributed by atoms with Crippen LogP contribution in [0.1, 0.15) is 12.8 Å². The molecule has 0 spiro atoms. The molecule has 4 aliphatic rings. The number of hydrogen-bond acceptors (Lipinski definition) is 1. The molecule has 1 N–H and O–H groups in total. The van der Waals surface area contributed by atoms with Gasteiger partial charge in [-0.15, -0.1) is 0 Å². The molecule has 4 rings (SSSR count). The van der Waals surface area contributed by atoms with Gasteiger partial charge in [0.25, 0.3) is 0 Å². The van der Waals surface area contributed by atoms with Crippen molar-refractivity contribution in [3.05, 3.63) is 24.3 Å². The van der Waals surface area contributed by atoms with Gasteiger partial charge in [-0.1, -0.05) is 24.3 Å². The Balaban J connectivity index is 1.88. The van der Waals surface area contributed by atoms with E-state index in [1.54, 1.807) is 0 Å². The molecule has 2 saturated carbocycles. The topological polar surface area (TPSA) is 37.3 Å². The lowest BCUT2D eigenvalue weighted by molar-refractivity contribution is -0.180. The lowest BCUT2D eigenvalue weighted by atomic mass is 9.44. The second-order valence-electron chi connectivity index (χ2n) is 5.51. The lowest BCUT2D eigenvalue weighted by Crippen LogP contribution is -2.61. The molecule has 78 valence electrons. The molecule has 0 aromatic heterocycles. The molecule has 6 atom stereocenters. The zero-order valence-electron chi connectivity index (χ0n) is 8.47. The third kappa shape index (κ3) is 0.622. The zero-order valence-corrected chi connectivity index (χ0v) is 8.47. The summed E-state index contributed by atoms with van der Waals surface area (Å²) in [5, 5.41) is 9.60. The minimum atomic E-state index is -0.544. The summed E-state index contributed by atoms with van der Waals surface area (Å²) in [6.07, 6.45) is 11.0. The summed E-state index contributed by atoms with van der Waals surface area (Å²) in [6, 6.07) is 0. The largest absolute Gasteiger partial charge is 0.481 e. The van der Waals surface area contributed by atoms with Gasteiger partial charge in [0.05, 0.1) is 5.41 Å². The van der Waals surface area contributed by atoms with Crippen molar-refractivity contribution in [2.75, 3.05) is 0 Å². The van der Waals surface area contributed by atoms with E-state index in [0.717, 1.165) is 12.8 Å². The molecule has 0 saturated heterocycles. The quantitative estimate of drug-likeness (QED) is 0.661. The molecule has 0 amide bonds. The van der Waals surface area contributed by atoms with Crippen molar-refractivity contribution < 1.29 is 9.90 Å². The molecule has 2 heteroatoms. The number of rotatable bonds is 1. The first-order valence-corrected chi connectivity index (χ1v) is 5.84. The van der Waals surface area contributed by atoms with Crippen molar-refractivity contribution >= 4 is 5.97 Å². The van der Waals surface area contributed by atoms with Crippen LogP contribution >= 0.6 is 0 Å². The van der Waals surface area contributed by atoms with Crippen LogP contribution in [0, 0.1) is 35.0 Å². The van der Waals surface area contributed by atoms with E-state index in [1.807, 2.05) is 0 Å². The second kappa shape index (κ2) is 2.21. The third-order valence-corrected chi connectivity index (χ3v) is 5.34. The van der Waals surface area contributed by atoms with Crippen molar-refractivity contribution in [2.45, 2.75) is 12.8 Å². The van der Waals surface area contributed by atoms with E-state index in [0.29, 0.717) is 29.6 Å². The highest BCUT2D eigenvalue weighted by atomic mass is 16.4. The van der Waals surface area contributed by atoms with E-state index in [-0.39, 0.29) is 0 Å². The van der Waals surface area contributed by atoms with E-state index in [1.165, 1.54) is 0 Å². The van der Waals surface area contributed by atoms with Crippen LogP contribution in [-0.4, -0.2) is 11.1 Å². The fourth-order valence-corrected chi connectivity index (χ4v) is 4.97. The Morgan fingerprint density at radius 1 is 1.33 bits per heavy atom. The molecule has 2 fully saturated rings. The maximum Gasteiger partial charge on any atom is 0.311 e. The molecule has 15 heavy (non-hydrogen) atoms. The summed E-state index contributed by atoms with van der Waals surface area (Å²) in [4.78, 5) is 11.6. The Hall–Kier alpha value is -1.05. The molecule has 2 nitrogen and oxygen atoms in total. The monoisotopic (exact) mass is 202 g/mol. The molecule has 0 aromatic rings. The molecule has 0 unspecified atom stereocenters. The third-order valence-electron chi connectivity index (χ3n) is 5.34. The minimum absolute atomic E-state index is 0.314. The van der Waals surface area contributed by atoms with Gasteiger partial charge in [-0.3, -0.25) is 4.79 Å². The SMILES string of the molecule is O=C(O)[C@]12[C@H]([C@@H]3CC=C[C@@H]31)[C@H]1C=C[C@@H]2C1. The average Bonchev–Trinajstić information content (AvgIpc) is 2.81. The Kier molecular flexibility index (Phi) is 1.20. The molecule has 2 bridgehead atoms. The predicted molar refractivity (Wildman–Crippen MR) is 55.0 cm³/mol. The number of hydrogen-bond donors (Lipinski definition) is 1. The first kappa shape index (κ1) is 8.14. The number of fused-ring (bicyclic) bond motifs is 8. The summed E-state index contributed by atoms with van der Waals surface area (Å²) in [5.41, 5.74) is -0.406. The van der Waals surface area contributed by atoms with Gasteiger partial charge >= 0.3 is 5.97 Å². The van der Waals surface area contributed by atoms with Crippen molar-refractivity contribution in [1.82, 2.24) is 0 Å². The number of aliphatic carboxylic acids is 1. The molecular weight excluding hydrogens is 188 g/mol. The van der Waals surface area contributed by atoms with Gasteiger partial charge in [0.2, 0.25) is 0 Å². The van der Waals surface area contributed by atoms with Gasteiger partial charge in [-0.25, -0.2) is 0 Å². The summed E-state index contributed by atoms with van der Waals surface area (Å²) < 4.78 is 0. The first-order chi connectivity index (χ1) is 7.26. The van der Waals surface area contributed by atoms with E-state index < -0.39 is 11.4 Å². The Bertz CT molecular complexity index is 409. The molecule has 4 aliphatic carbocycles. The van der Waals surface area contributed by atoms with Gasteiger partial charge in [0.15, 0.2) is 0 Å². The highest BCUT2D eigenvalue weighted by molar-refractivity contribution is 5.80. The summed E-state index contributed by atoms with van der Waals surface area (Å²) >= 11 is 0. The van der Waals surface area contributed by atoms with Crippen LogP contribution in [0.15, 0.2) is 24.3 Å². The van der Waals surface area contributed by atoms with Gasteiger partial charge < -0.3 is 5.11 Å². The van der Waals surface area contributed by atoms with Gasteiger partial charge in [0.1, 0.15) is 0 Å². The predicted octanol–water partition coefficient (Wildman–Crippen LogP) is 2.09. The minimum Gasteiger partial charge on any atom is -0.481 e. The van der Waals surface area contributed by atoms with E-state index in [9.17, 15) is 9.90 Å². The highest BCUT2D eigenvalue weighted by Gasteiger charge is 2.74. The van der Waals surface area contributed by atoms with Gasteiger partial charge in [-0.2, -0.15) is 0 Å². The van der Waals surface area contributed by atoms with Crippen LogP contribution in [0.4, 0.5) is 0 Å². The summed E-state index contributed by atoms with van der Waals surface area (Å²) in [5.74, 6) is 1.74. The van der Waals surface area contributed by atoms with Crippen LogP contribution in [0.3, 0.4) is 0 Å². The average molecular weight is 202 g/mol. The smallest absolute Gasteiger partial charge is 0.311 e. The molecule has 0 radical (unpaired) electrons. The van der Waals surface area contributed by atoms with Crippen LogP contribution in [-0.2, 0) is 4.79 Å². The Morgan fingerprint density at radius 3 is 3.00 bits per heavy atom. The number of carboxylic acids is 1. The standard InChI is InChI=1S/C13H14O2/c14-12(15)13-8-5-4-7(6-8)11(13)9-2-1-3-10(9)13/h1,3-5,7-11H,2,6H2,(H,14,15)/t7-,8+,9+,10-,11-,13-/m0/s1. The fraction of sp³-hybridized carbons (Fsp3) is 0.615. The first-order valence-electron chi connectivity index (χ1n) is 5.84. The maximum absolute atomic E-state index is 11.6. The van der Waals surface area contributed by atoms with E-state index in [4.69, 9.17) is 0 Å². The number of carboxylic acid groups (broad SMARTS) is 1. The van der Waals surface area contributed by atoms with Crippen molar-refractivity contribution in [3.63, 3.8) is 0 Å². The molecular formula is C13H14O2. The van der Waals surface area contributed by atoms with Gasteiger partial charge in [0, 0.05) is 0 Å². The van der Waals surface area contributed by atoms with Crippen molar-refractivity contribution in [2.24, 2.45) is 35.0 Å². The Labute approximate surface area is 88.7 Å². The van der Waals surface area contributed by atoms with Crippen LogP contribution in [0.5, 0.6) is 0 Å². The zero-order chi connectivity index (χ0) is 10.2. The van der Waals surface area contributed by atoms with Crippen LogP contribution < -0.4 is 0 Å². The van der Waals surface area contributed by atoms with E-state index >= 15 is 0 Å². The Morgan fingerprint density at radius 2 is 2.20 bits per heavy atom. The maximum atomic E-state index is 11.6. The summed E-state index contributed by atoms with van der Waals surface area (Å²) in [6.45, 7) is 0.